The van der Waals surface area contributed by atoms with Gasteiger partial charge in [-0.1, -0.05) is 52.0 Å². The lowest BCUT2D eigenvalue weighted by Gasteiger charge is -2.20. The van der Waals surface area contributed by atoms with Crippen molar-refractivity contribution in [2.24, 2.45) is 0 Å². The molecule has 3 nitrogen and oxygen atoms in total. The lowest BCUT2D eigenvalue weighted by molar-refractivity contribution is 0.238. The van der Waals surface area contributed by atoms with Crippen molar-refractivity contribution < 1.29 is 4.79 Å². The van der Waals surface area contributed by atoms with Gasteiger partial charge in [0, 0.05) is 6.54 Å². The lowest BCUT2D eigenvalue weighted by atomic mass is 9.86. The number of amides is 2. The second-order valence-corrected chi connectivity index (χ2v) is 5.99. The average molecular weight is 262 g/mol. The van der Waals surface area contributed by atoms with Crippen LogP contribution >= 0.6 is 0 Å². The second-order valence-electron chi connectivity index (χ2n) is 5.99. The predicted octanol–water partition coefficient (Wildman–Crippen LogP) is 3.75. The summed E-state index contributed by atoms with van der Waals surface area (Å²) in [6, 6.07) is 8.37. The summed E-state index contributed by atoms with van der Waals surface area (Å²) in [7, 11) is 0. The highest BCUT2D eigenvalue weighted by atomic mass is 16.2. The van der Waals surface area contributed by atoms with Crippen molar-refractivity contribution in [3.63, 3.8) is 0 Å². The molecule has 1 aromatic rings. The van der Waals surface area contributed by atoms with Crippen LogP contribution in [-0.4, -0.2) is 12.6 Å². The van der Waals surface area contributed by atoms with Gasteiger partial charge >= 0.3 is 6.03 Å². The van der Waals surface area contributed by atoms with Gasteiger partial charge in [-0.3, -0.25) is 0 Å². The van der Waals surface area contributed by atoms with E-state index in [0.29, 0.717) is 6.54 Å². The van der Waals surface area contributed by atoms with Gasteiger partial charge in [0.1, 0.15) is 0 Å². The first kappa shape index (κ1) is 15.5. The fraction of sp³-hybridized carbons (Fsp3) is 0.562. The largest absolute Gasteiger partial charge is 0.338 e. The Labute approximate surface area is 116 Å². The molecule has 0 saturated carbocycles. The van der Waals surface area contributed by atoms with E-state index in [1.807, 2.05) is 13.8 Å². The monoisotopic (exact) mass is 262 g/mol. The van der Waals surface area contributed by atoms with Crippen molar-refractivity contribution in [2.75, 3.05) is 6.54 Å². The number of nitrogens with one attached hydrogen (secondary N) is 2. The first-order valence-corrected chi connectivity index (χ1v) is 6.99. The molecule has 3 heteroatoms. The molecule has 1 atom stereocenters. The number of carbonyl (C=O) groups is 1. The Morgan fingerprint density at radius 2 is 1.79 bits per heavy atom. The van der Waals surface area contributed by atoms with Gasteiger partial charge in [0.05, 0.1) is 6.04 Å². The van der Waals surface area contributed by atoms with Crippen LogP contribution in [0.15, 0.2) is 24.3 Å². The van der Waals surface area contributed by atoms with E-state index in [2.05, 4.69) is 55.7 Å². The predicted molar refractivity (Wildman–Crippen MR) is 80.4 cm³/mol. The van der Waals surface area contributed by atoms with Crippen molar-refractivity contribution in [1.29, 1.82) is 0 Å². The van der Waals surface area contributed by atoms with Gasteiger partial charge in [-0.05, 0) is 29.9 Å². The summed E-state index contributed by atoms with van der Waals surface area (Å²) in [5, 5.41) is 5.76. The molecule has 0 heterocycles. The number of hydrogen-bond donors (Lipinski definition) is 2. The minimum atomic E-state index is -0.103. The average Bonchev–Trinajstić information content (AvgIpc) is 2.35. The van der Waals surface area contributed by atoms with Crippen LogP contribution in [0.3, 0.4) is 0 Å². The van der Waals surface area contributed by atoms with Crippen molar-refractivity contribution in [3.8, 4) is 0 Å². The quantitative estimate of drug-likeness (QED) is 0.852. The Balaban J connectivity index is 2.63. The molecule has 0 radical (unpaired) electrons. The zero-order valence-electron chi connectivity index (χ0n) is 12.7. The number of rotatable bonds is 4. The summed E-state index contributed by atoms with van der Waals surface area (Å²) in [5.74, 6) is 0. The standard InChI is InChI=1S/C16H26N2O/c1-6-11-17-15(19)18-12(2)13-7-9-14(10-8-13)16(3,4)5/h7-10,12H,6,11H2,1-5H3,(H2,17,18,19). The van der Waals surface area contributed by atoms with Crippen LogP contribution in [0.5, 0.6) is 0 Å². The molecule has 0 saturated heterocycles. The molecule has 19 heavy (non-hydrogen) atoms. The fourth-order valence-electron chi connectivity index (χ4n) is 1.84. The molecule has 0 fully saturated rings. The van der Waals surface area contributed by atoms with Gasteiger partial charge < -0.3 is 10.6 Å². The number of benzene rings is 1. The smallest absolute Gasteiger partial charge is 0.315 e. The van der Waals surface area contributed by atoms with Crippen molar-refractivity contribution >= 4 is 6.03 Å². The van der Waals surface area contributed by atoms with Crippen LogP contribution < -0.4 is 10.6 Å². The first-order chi connectivity index (χ1) is 8.84. The minimum Gasteiger partial charge on any atom is -0.338 e. The van der Waals surface area contributed by atoms with Crippen molar-refractivity contribution in [3.05, 3.63) is 35.4 Å². The molecule has 0 bridgehead atoms. The molecule has 0 aliphatic heterocycles. The summed E-state index contributed by atoms with van der Waals surface area (Å²) in [5.41, 5.74) is 2.59. The van der Waals surface area contributed by atoms with Gasteiger partial charge in [-0.15, -0.1) is 0 Å². The highest BCUT2D eigenvalue weighted by Crippen LogP contribution is 2.23. The maximum Gasteiger partial charge on any atom is 0.315 e. The number of hydrogen-bond acceptors (Lipinski definition) is 1. The number of carbonyl (C=O) groups excluding carboxylic acids is 1. The Bertz CT molecular complexity index is 404. The number of urea groups is 1. The molecule has 2 N–H and O–H groups in total. The molecular formula is C16H26N2O. The first-order valence-electron chi connectivity index (χ1n) is 6.99. The van der Waals surface area contributed by atoms with Gasteiger partial charge in [0.15, 0.2) is 0 Å². The summed E-state index contributed by atoms with van der Waals surface area (Å²) < 4.78 is 0. The summed E-state index contributed by atoms with van der Waals surface area (Å²) in [6.07, 6.45) is 0.947. The topological polar surface area (TPSA) is 41.1 Å². The van der Waals surface area contributed by atoms with Gasteiger partial charge in [0.25, 0.3) is 0 Å². The Hall–Kier alpha value is -1.51. The highest BCUT2D eigenvalue weighted by molar-refractivity contribution is 5.74. The lowest BCUT2D eigenvalue weighted by Crippen LogP contribution is -2.37. The van der Waals surface area contributed by atoms with E-state index in [-0.39, 0.29) is 17.5 Å². The van der Waals surface area contributed by atoms with E-state index >= 15 is 0 Å². The summed E-state index contributed by atoms with van der Waals surface area (Å²) in [4.78, 5) is 11.6. The maximum atomic E-state index is 11.6. The van der Waals surface area contributed by atoms with Crippen LogP contribution in [0.1, 0.15) is 58.2 Å². The zero-order chi connectivity index (χ0) is 14.5. The molecule has 106 valence electrons. The highest BCUT2D eigenvalue weighted by Gasteiger charge is 2.14. The van der Waals surface area contributed by atoms with Gasteiger partial charge in [0.2, 0.25) is 0 Å². The van der Waals surface area contributed by atoms with Crippen molar-refractivity contribution in [1.82, 2.24) is 10.6 Å². The zero-order valence-corrected chi connectivity index (χ0v) is 12.7. The third-order valence-electron chi connectivity index (χ3n) is 3.16. The van der Waals surface area contributed by atoms with E-state index < -0.39 is 0 Å². The molecule has 0 aliphatic carbocycles. The minimum absolute atomic E-state index is 0.0193. The van der Waals surface area contributed by atoms with E-state index in [1.165, 1.54) is 5.56 Å². The maximum absolute atomic E-state index is 11.6. The van der Waals surface area contributed by atoms with Crippen molar-refractivity contribution in [2.45, 2.75) is 52.5 Å². The normalized spacial score (nSPS) is 12.9. The molecule has 0 aliphatic rings. The molecule has 2 amide bonds. The molecular weight excluding hydrogens is 236 g/mol. The van der Waals surface area contributed by atoms with E-state index in [1.54, 1.807) is 0 Å². The summed E-state index contributed by atoms with van der Waals surface area (Å²) >= 11 is 0. The van der Waals surface area contributed by atoms with Gasteiger partial charge in [-0.2, -0.15) is 0 Å². The fourth-order valence-corrected chi connectivity index (χ4v) is 1.84. The van der Waals surface area contributed by atoms with Crippen LogP contribution in [-0.2, 0) is 5.41 Å². The molecule has 1 aromatic carbocycles. The molecule has 0 spiro atoms. The van der Waals surface area contributed by atoms with Crippen LogP contribution in [0.4, 0.5) is 4.79 Å². The van der Waals surface area contributed by atoms with Crippen LogP contribution in [0.2, 0.25) is 0 Å². The molecule has 0 aromatic heterocycles. The van der Waals surface area contributed by atoms with E-state index in [4.69, 9.17) is 0 Å². The third-order valence-corrected chi connectivity index (χ3v) is 3.16. The van der Waals surface area contributed by atoms with E-state index in [9.17, 15) is 4.79 Å². The second kappa shape index (κ2) is 6.60. The van der Waals surface area contributed by atoms with Crippen LogP contribution in [0, 0.1) is 0 Å². The molecule has 1 rings (SSSR count). The molecule has 1 unspecified atom stereocenters. The van der Waals surface area contributed by atoms with E-state index in [0.717, 1.165) is 12.0 Å². The van der Waals surface area contributed by atoms with Crippen LogP contribution in [0.25, 0.3) is 0 Å². The third kappa shape index (κ3) is 4.93. The Morgan fingerprint density at radius 3 is 2.26 bits per heavy atom. The Morgan fingerprint density at radius 1 is 1.21 bits per heavy atom. The summed E-state index contributed by atoms with van der Waals surface area (Å²) in [6.45, 7) is 11.3. The Kier molecular flexibility index (Phi) is 5.40. The van der Waals surface area contributed by atoms with Gasteiger partial charge in [-0.25, -0.2) is 4.79 Å². The SMILES string of the molecule is CCCNC(=O)NC(C)c1ccc(C(C)(C)C)cc1.